The Kier molecular flexibility index (Phi) is 5.20. The first-order chi connectivity index (χ1) is 10.3. The van der Waals surface area contributed by atoms with E-state index < -0.39 is 0 Å². The molecule has 1 unspecified atom stereocenters. The molecule has 22 heavy (non-hydrogen) atoms. The van der Waals surface area contributed by atoms with Gasteiger partial charge in [-0.05, 0) is 59.5 Å². The standard InChI is InChI=1S/C19H29N3/c1-15(21(5)13-14-22(6)19(2,3)4)16-9-7-11-18-17(16)10-8-12-20-18/h7-12,15H,13-14H2,1-6H3. The van der Waals surface area contributed by atoms with Crippen molar-refractivity contribution in [2.45, 2.75) is 39.3 Å². The summed E-state index contributed by atoms with van der Waals surface area (Å²) in [6.45, 7) is 11.2. The second-order valence-electron chi connectivity index (χ2n) is 7.17. The number of fused-ring (bicyclic) bond motifs is 1. The minimum absolute atomic E-state index is 0.216. The number of rotatable bonds is 5. The van der Waals surface area contributed by atoms with Crippen LogP contribution in [-0.2, 0) is 0 Å². The average Bonchev–Trinajstić information content (AvgIpc) is 2.50. The topological polar surface area (TPSA) is 19.4 Å². The molecule has 0 amide bonds. The van der Waals surface area contributed by atoms with Gasteiger partial charge in [0.1, 0.15) is 0 Å². The van der Waals surface area contributed by atoms with Gasteiger partial charge < -0.3 is 4.90 Å². The third-order valence-electron chi connectivity index (χ3n) is 4.72. The van der Waals surface area contributed by atoms with Gasteiger partial charge in [-0.15, -0.1) is 0 Å². The summed E-state index contributed by atoms with van der Waals surface area (Å²) in [7, 11) is 4.40. The molecule has 1 heterocycles. The molecule has 0 N–H and O–H groups in total. The summed E-state index contributed by atoms with van der Waals surface area (Å²) in [5.41, 5.74) is 2.64. The van der Waals surface area contributed by atoms with Crippen LogP contribution in [0.2, 0.25) is 0 Å². The van der Waals surface area contributed by atoms with Gasteiger partial charge in [-0.1, -0.05) is 18.2 Å². The Morgan fingerprint density at radius 3 is 2.45 bits per heavy atom. The number of benzene rings is 1. The van der Waals surface area contributed by atoms with Crippen LogP contribution < -0.4 is 0 Å². The number of pyridine rings is 1. The fourth-order valence-corrected chi connectivity index (χ4v) is 2.57. The molecule has 0 radical (unpaired) electrons. The Morgan fingerprint density at radius 2 is 1.77 bits per heavy atom. The van der Waals surface area contributed by atoms with Gasteiger partial charge in [0.25, 0.3) is 0 Å². The lowest BCUT2D eigenvalue weighted by molar-refractivity contribution is 0.142. The zero-order valence-corrected chi connectivity index (χ0v) is 14.8. The first kappa shape index (κ1) is 16.9. The number of aromatic nitrogens is 1. The van der Waals surface area contributed by atoms with Crippen molar-refractivity contribution < 1.29 is 0 Å². The highest BCUT2D eigenvalue weighted by molar-refractivity contribution is 5.82. The number of nitrogens with zero attached hydrogens (tertiary/aromatic N) is 3. The second-order valence-corrected chi connectivity index (χ2v) is 7.17. The largest absolute Gasteiger partial charge is 0.300 e. The highest BCUT2D eigenvalue weighted by atomic mass is 15.2. The van der Waals surface area contributed by atoms with Crippen molar-refractivity contribution in [3.63, 3.8) is 0 Å². The summed E-state index contributed by atoms with van der Waals surface area (Å²) in [5.74, 6) is 0. The van der Waals surface area contributed by atoms with Crippen LogP contribution >= 0.6 is 0 Å². The molecule has 2 aromatic rings. The first-order valence-corrected chi connectivity index (χ1v) is 8.06. The normalized spacial score (nSPS) is 14.0. The minimum atomic E-state index is 0.216. The predicted molar refractivity (Wildman–Crippen MR) is 95.2 cm³/mol. The Labute approximate surface area is 135 Å². The summed E-state index contributed by atoms with van der Waals surface area (Å²) >= 11 is 0. The summed E-state index contributed by atoms with van der Waals surface area (Å²) in [4.78, 5) is 9.29. The summed E-state index contributed by atoms with van der Waals surface area (Å²) in [6.07, 6.45) is 1.86. The van der Waals surface area contributed by atoms with Crippen LogP contribution in [0.4, 0.5) is 0 Å². The third kappa shape index (κ3) is 3.84. The van der Waals surface area contributed by atoms with Crippen LogP contribution in [0.15, 0.2) is 36.5 Å². The van der Waals surface area contributed by atoms with Gasteiger partial charge >= 0.3 is 0 Å². The van der Waals surface area contributed by atoms with Crippen molar-refractivity contribution in [3.05, 3.63) is 42.1 Å². The number of hydrogen-bond acceptors (Lipinski definition) is 3. The summed E-state index contributed by atoms with van der Waals surface area (Å²) in [5, 5.41) is 1.26. The van der Waals surface area contributed by atoms with Crippen molar-refractivity contribution in [2.75, 3.05) is 27.2 Å². The molecule has 3 heteroatoms. The Bertz CT molecular complexity index is 610. The van der Waals surface area contributed by atoms with E-state index in [1.54, 1.807) is 0 Å². The molecular weight excluding hydrogens is 270 g/mol. The molecule has 0 aliphatic rings. The molecular formula is C19H29N3. The lowest BCUT2D eigenvalue weighted by Gasteiger charge is -2.34. The highest BCUT2D eigenvalue weighted by Gasteiger charge is 2.19. The molecule has 0 saturated carbocycles. The van der Waals surface area contributed by atoms with Crippen LogP contribution in [0, 0.1) is 0 Å². The van der Waals surface area contributed by atoms with Crippen LogP contribution in [0.25, 0.3) is 10.9 Å². The lowest BCUT2D eigenvalue weighted by Crippen LogP contribution is -2.42. The lowest BCUT2D eigenvalue weighted by atomic mass is 10.0. The predicted octanol–water partition coefficient (Wildman–Crippen LogP) is 3.96. The van der Waals surface area contributed by atoms with E-state index in [0.717, 1.165) is 18.6 Å². The fourth-order valence-electron chi connectivity index (χ4n) is 2.57. The summed E-state index contributed by atoms with van der Waals surface area (Å²) in [6, 6.07) is 11.0. The molecule has 1 aromatic heterocycles. The van der Waals surface area contributed by atoms with Crippen molar-refractivity contribution >= 4 is 10.9 Å². The highest BCUT2D eigenvalue weighted by Crippen LogP contribution is 2.26. The third-order valence-corrected chi connectivity index (χ3v) is 4.72. The van der Waals surface area contributed by atoms with Gasteiger partial charge in [0, 0.05) is 36.3 Å². The smallest absolute Gasteiger partial charge is 0.0705 e. The molecule has 120 valence electrons. The molecule has 0 bridgehead atoms. The maximum absolute atomic E-state index is 4.46. The maximum Gasteiger partial charge on any atom is 0.0705 e. The molecule has 0 saturated heterocycles. The van der Waals surface area contributed by atoms with E-state index >= 15 is 0 Å². The molecule has 3 nitrogen and oxygen atoms in total. The van der Waals surface area contributed by atoms with Crippen molar-refractivity contribution in [1.82, 2.24) is 14.8 Å². The molecule has 1 atom stereocenters. The number of hydrogen-bond donors (Lipinski definition) is 0. The summed E-state index contributed by atoms with van der Waals surface area (Å²) < 4.78 is 0. The van der Waals surface area contributed by atoms with E-state index in [4.69, 9.17) is 0 Å². The quantitative estimate of drug-likeness (QED) is 0.833. The average molecular weight is 299 g/mol. The molecule has 0 spiro atoms. The van der Waals surface area contributed by atoms with E-state index in [9.17, 15) is 0 Å². The molecule has 0 aliphatic carbocycles. The Balaban J connectivity index is 2.11. The molecule has 0 fully saturated rings. The SMILES string of the molecule is CC(c1cccc2ncccc12)N(C)CCN(C)C(C)(C)C. The second kappa shape index (κ2) is 6.76. The van der Waals surface area contributed by atoms with Crippen molar-refractivity contribution in [2.24, 2.45) is 0 Å². The van der Waals surface area contributed by atoms with Crippen LogP contribution in [0.5, 0.6) is 0 Å². The van der Waals surface area contributed by atoms with Gasteiger partial charge in [-0.3, -0.25) is 9.88 Å². The van der Waals surface area contributed by atoms with Gasteiger partial charge in [-0.2, -0.15) is 0 Å². The molecule has 1 aromatic carbocycles. The van der Waals surface area contributed by atoms with Crippen molar-refractivity contribution in [1.29, 1.82) is 0 Å². The maximum atomic E-state index is 4.46. The van der Waals surface area contributed by atoms with Crippen LogP contribution in [-0.4, -0.2) is 47.5 Å². The molecule has 0 aliphatic heterocycles. The van der Waals surface area contributed by atoms with Gasteiger partial charge in [0.2, 0.25) is 0 Å². The van der Waals surface area contributed by atoms with E-state index in [-0.39, 0.29) is 5.54 Å². The van der Waals surface area contributed by atoms with Gasteiger partial charge in [-0.25, -0.2) is 0 Å². The van der Waals surface area contributed by atoms with Crippen LogP contribution in [0.3, 0.4) is 0 Å². The molecule has 2 rings (SSSR count). The van der Waals surface area contributed by atoms with E-state index in [0.29, 0.717) is 6.04 Å². The minimum Gasteiger partial charge on any atom is -0.300 e. The zero-order chi connectivity index (χ0) is 16.3. The van der Waals surface area contributed by atoms with Crippen LogP contribution in [0.1, 0.15) is 39.3 Å². The van der Waals surface area contributed by atoms with E-state index in [2.05, 4.69) is 80.8 Å². The first-order valence-electron chi connectivity index (χ1n) is 8.06. The number of likely N-dealkylation sites (N-methyl/N-ethyl adjacent to an activating group) is 2. The van der Waals surface area contributed by atoms with Crippen molar-refractivity contribution in [3.8, 4) is 0 Å². The Hall–Kier alpha value is -1.45. The van der Waals surface area contributed by atoms with Gasteiger partial charge in [0.05, 0.1) is 5.52 Å². The van der Waals surface area contributed by atoms with Gasteiger partial charge in [0.15, 0.2) is 0 Å². The monoisotopic (exact) mass is 299 g/mol. The van der Waals surface area contributed by atoms with E-state index in [1.807, 2.05) is 12.3 Å². The zero-order valence-electron chi connectivity index (χ0n) is 14.8. The fraction of sp³-hybridized carbons (Fsp3) is 0.526. The Morgan fingerprint density at radius 1 is 1.05 bits per heavy atom. The van der Waals surface area contributed by atoms with E-state index in [1.165, 1.54) is 10.9 Å².